The number of aromatic nitrogens is 2. The molecule has 2 aromatic carbocycles. The fourth-order valence-corrected chi connectivity index (χ4v) is 3.95. The number of benzene rings is 2. The Labute approximate surface area is 192 Å². The van der Waals surface area contributed by atoms with Gasteiger partial charge in [-0.25, -0.2) is 4.98 Å². The molecule has 0 bridgehead atoms. The number of rotatable bonds is 8. The molecule has 1 fully saturated rings. The number of ether oxygens (including phenoxy) is 3. The Hall–Kier alpha value is -3.75. The van der Waals surface area contributed by atoms with Gasteiger partial charge in [0.2, 0.25) is 11.9 Å². The van der Waals surface area contributed by atoms with Crippen molar-refractivity contribution in [3.05, 3.63) is 42.5 Å². The van der Waals surface area contributed by atoms with Crippen molar-refractivity contribution in [1.29, 1.82) is 0 Å². The van der Waals surface area contributed by atoms with E-state index in [2.05, 4.69) is 20.2 Å². The van der Waals surface area contributed by atoms with E-state index in [-0.39, 0.29) is 11.8 Å². The van der Waals surface area contributed by atoms with E-state index in [1.165, 1.54) is 0 Å². The van der Waals surface area contributed by atoms with Crippen LogP contribution in [0.15, 0.2) is 42.5 Å². The van der Waals surface area contributed by atoms with Gasteiger partial charge >= 0.3 is 0 Å². The molecule has 9 heteroatoms. The molecule has 1 aliphatic heterocycles. The number of hydrogen-bond acceptors (Lipinski definition) is 8. The zero-order valence-corrected chi connectivity index (χ0v) is 18.9. The van der Waals surface area contributed by atoms with Crippen molar-refractivity contribution in [3.63, 3.8) is 0 Å². The second-order valence-electron chi connectivity index (χ2n) is 7.85. The summed E-state index contributed by atoms with van der Waals surface area (Å²) in [7, 11) is 3.16. The highest BCUT2D eigenvalue weighted by molar-refractivity contribution is 5.91. The summed E-state index contributed by atoms with van der Waals surface area (Å²) < 4.78 is 16.4. The van der Waals surface area contributed by atoms with Gasteiger partial charge in [-0.1, -0.05) is 18.2 Å². The van der Waals surface area contributed by atoms with Crippen LogP contribution in [0.3, 0.4) is 0 Å². The van der Waals surface area contributed by atoms with Crippen molar-refractivity contribution in [1.82, 2.24) is 15.3 Å². The summed E-state index contributed by atoms with van der Waals surface area (Å²) >= 11 is 0. The molecule has 1 aliphatic rings. The highest BCUT2D eigenvalue weighted by Crippen LogP contribution is 2.34. The van der Waals surface area contributed by atoms with E-state index in [4.69, 9.17) is 19.9 Å². The largest absolute Gasteiger partial charge is 0.493 e. The van der Waals surface area contributed by atoms with Crippen molar-refractivity contribution in [2.24, 2.45) is 5.92 Å². The Morgan fingerprint density at radius 3 is 2.48 bits per heavy atom. The molecule has 2 heterocycles. The fourth-order valence-electron chi connectivity index (χ4n) is 3.95. The summed E-state index contributed by atoms with van der Waals surface area (Å²) in [4.78, 5) is 23.8. The number of nitrogens with one attached hydrogen (secondary N) is 1. The molecule has 1 saturated heterocycles. The number of carbonyl (C=O) groups excluding carboxylic acids is 1. The molecule has 3 aromatic rings. The lowest BCUT2D eigenvalue weighted by atomic mass is 9.96. The third kappa shape index (κ3) is 5.19. The number of piperidine rings is 1. The van der Waals surface area contributed by atoms with E-state index in [1.807, 2.05) is 30.3 Å². The number of nitrogens with zero attached hydrogens (tertiary/aromatic N) is 3. The number of amides is 1. The SMILES string of the molecule is COc1cc2nc(N3CCC(C(=O)NCCOc4ccccc4)CC3)nc(N)c2cc1OC. The Morgan fingerprint density at radius 1 is 1.09 bits per heavy atom. The monoisotopic (exact) mass is 451 g/mol. The molecule has 0 radical (unpaired) electrons. The zero-order valence-electron chi connectivity index (χ0n) is 18.9. The Kier molecular flexibility index (Phi) is 6.97. The van der Waals surface area contributed by atoms with Crippen molar-refractivity contribution in [2.75, 3.05) is 51.1 Å². The first kappa shape index (κ1) is 22.4. The predicted octanol–water partition coefficient (Wildman–Crippen LogP) is 2.64. The highest BCUT2D eigenvalue weighted by atomic mass is 16.5. The number of nitrogens with two attached hydrogens (primary N) is 1. The minimum Gasteiger partial charge on any atom is -0.493 e. The van der Waals surface area contributed by atoms with Crippen LogP contribution in [0.2, 0.25) is 0 Å². The number of hydrogen-bond donors (Lipinski definition) is 2. The lowest BCUT2D eigenvalue weighted by Crippen LogP contribution is -2.42. The summed E-state index contributed by atoms with van der Waals surface area (Å²) in [5.74, 6) is 2.92. The van der Waals surface area contributed by atoms with E-state index in [0.29, 0.717) is 60.4 Å². The number of methoxy groups -OCH3 is 2. The Bertz CT molecular complexity index is 1100. The van der Waals surface area contributed by atoms with Crippen molar-refractivity contribution < 1.29 is 19.0 Å². The molecule has 3 N–H and O–H groups in total. The number of nitrogen functional groups attached to an aromatic ring is 1. The standard InChI is InChI=1S/C24H29N5O4/c1-31-20-14-18-19(15-21(20)32-2)27-24(28-22(18)25)29-11-8-16(9-12-29)23(30)26-10-13-33-17-6-4-3-5-7-17/h3-7,14-16H,8-13H2,1-2H3,(H,26,30)(H2,25,27,28). The second kappa shape index (κ2) is 10.2. The van der Waals surface area contributed by atoms with Crippen LogP contribution in [-0.4, -0.2) is 56.3 Å². The topological polar surface area (TPSA) is 112 Å². The molecular weight excluding hydrogens is 422 g/mol. The smallest absolute Gasteiger partial charge is 0.227 e. The average molecular weight is 452 g/mol. The third-order valence-electron chi connectivity index (χ3n) is 5.78. The first-order valence-electron chi connectivity index (χ1n) is 11.0. The van der Waals surface area contributed by atoms with Gasteiger partial charge in [-0.3, -0.25) is 4.79 Å². The second-order valence-corrected chi connectivity index (χ2v) is 7.85. The quantitative estimate of drug-likeness (QED) is 0.503. The molecule has 0 spiro atoms. The van der Waals surface area contributed by atoms with Crippen LogP contribution in [0.1, 0.15) is 12.8 Å². The molecule has 0 unspecified atom stereocenters. The number of carbonyl (C=O) groups is 1. The molecule has 9 nitrogen and oxygen atoms in total. The minimum absolute atomic E-state index is 0.0415. The van der Waals surface area contributed by atoms with Crippen LogP contribution >= 0.6 is 0 Å². The molecule has 0 aliphatic carbocycles. The van der Waals surface area contributed by atoms with Gasteiger partial charge in [0.15, 0.2) is 11.5 Å². The van der Waals surface area contributed by atoms with Crippen LogP contribution in [-0.2, 0) is 4.79 Å². The first-order valence-corrected chi connectivity index (χ1v) is 11.0. The van der Waals surface area contributed by atoms with Crippen molar-refractivity contribution in [2.45, 2.75) is 12.8 Å². The summed E-state index contributed by atoms with van der Waals surface area (Å²) in [6.07, 6.45) is 1.44. The molecule has 174 valence electrons. The normalized spacial score (nSPS) is 14.2. The van der Waals surface area contributed by atoms with Crippen LogP contribution in [0.5, 0.6) is 17.2 Å². The third-order valence-corrected chi connectivity index (χ3v) is 5.78. The van der Waals surface area contributed by atoms with E-state index in [9.17, 15) is 4.79 Å². The van der Waals surface area contributed by atoms with Gasteiger partial charge in [0.25, 0.3) is 0 Å². The van der Waals surface area contributed by atoms with Gasteiger partial charge in [0.05, 0.1) is 26.3 Å². The van der Waals surface area contributed by atoms with Crippen LogP contribution in [0.25, 0.3) is 10.9 Å². The molecule has 4 rings (SSSR count). The summed E-state index contributed by atoms with van der Waals surface area (Å²) in [6, 6.07) is 13.1. The molecule has 0 saturated carbocycles. The summed E-state index contributed by atoms with van der Waals surface area (Å²) in [5.41, 5.74) is 6.90. The number of fused-ring (bicyclic) bond motifs is 1. The van der Waals surface area contributed by atoms with Gasteiger partial charge in [0.1, 0.15) is 18.2 Å². The lowest BCUT2D eigenvalue weighted by molar-refractivity contribution is -0.125. The lowest BCUT2D eigenvalue weighted by Gasteiger charge is -2.31. The van der Waals surface area contributed by atoms with Gasteiger partial charge in [-0.2, -0.15) is 4.98 Å². The fraction of sp³-hybridized carbons (Fsp3) is 0.375. The van der Waals surface area contributed by atoms with Gasteiger partial charge in [-0.15, -0.1) is 0 Å². The Morgan fingerprint density at radius 2 is 1.79 bits per heavy atom. The first-order chi connectivity index (χ1) is 16.1. The van der Waals surface area contributed by atoms with E-state index in [0.717, 1.165) is 18.6 Å². The van der Waals surface area contributed by atoms with Gasteiger partial charge in [0, 0.05) is 30.5 Å². The molecular formula is C24H29N5O4. The number of para-hydroxylation sites is 1. The maximum Gasteiger partial charge on any atom is 0.227 e. The van der Waals surface area contributed by atoms with E-state index in [1.54, 1.807) is 26.4 Å². The molecule has 33 heavy (non-hydrogen) atoms. The molecule has 0 atom stereocenters. The Balaban J connectivity index is 1.33. The highest BCUT2D eigenvalue weighted by Gasteiger charge is 2.26. The van der Waals surface area contributed by atoms with Crippen molar-refractivity contribution in [3.8, 4) is 17.2 Å². The van der Waals surface area contributed by atoms with Crippen LogP contribution in [0.4, 0.5) is 11.8 Å². The predicted molar refractivity (Wildman–Crippen MR) is 127 cm³/mol. The van der Waals surface area contributed by atoms with E-state index >= 15 is 0 Å². The maximum absolute atomic E-state index is 12.6. The average Bonchev–Trinajstić information content (AvgIpc) is 2.86. The number of anilines is 2. The van der Waals surface area contributed by atoms with Crippen molar-refractivity contribution >= 4 is 28.6 Å². The zero-order chi connectivity index (χ0) is 23.2. The van der Waals surface area contributed by atoms with Gasteiger partial charge in [-0.05, 0) is 31.0 Å². The molecule has 1 aromatic heterocycles. The van der Waals surface area contributed by atoms with Crippen LogP contribution in [0, 0.1) is 5.92 Å². The van der Waals surface area contributed by atoms with E-state index < -0.39 is 0 Å². The maximum atomic E-state index is 12.6. The molecule has 1 amide bonds. The minimum atomic E-state index is -0.0415. The summed E-state index contributed by atoms with van der Waals surface area (Å²) in [5, 5.41) is 3.69. The van der Waals surface area contributed by atoms with Crippen LogP contribution < -0.4 is 30.2 Å². The van der Waals surface area contributed by atoms with Gasteiger partial charge < -0.3 is 30.2 Å². The summed E-state index contributed by atoms with van der Waals surface area (Å²) in [6.45, 7) is 2.27.